The summed E-state index contributed by atoms with van der Waals surface area (Å²) in [4.78, 5) is 11.5. The molecular formula is C14H20BrNO2. The first-order chi connectivity index (χ1) is 8.67. The van der Waals surface area contributed by atoms with Crippen LogP contribution in [0.5, 0.6) is 5.75 Å². The molecule has 1 rings (SSSR count). The number of ether oxygens (including phenoxy) is 1. The van der Waals surface area contributed by atoms with Gasteiger partial charge >= 0.3 is 0 Å². The highest BCUT2D eigenvalue weighted by molar-refractivity contribution is 9.10. The quantitative estimate of drug-likeness (QED) is 0.611. The third-order valence-corrected chi connectivity index (χ3v) is 3.59. The molecule has 1 N–H and O–H groups in total. The molecule has 1 atom stereocenters. The van der Waals surface area contributed by atoms with Crippen molar-refractivity contribution in [3.05, 3.63) is 24.3 Å². The lowest BCUT2D eigenvalue weighted by Gasteiger charge is -2.10. The van der Waals surface area contributed by atoms with Crippen LogP contribution in [0.3, 0.4) is 0 Å². The number of carbonyl (C=O) groups is 1. The van der Waals surface area contributed by atoms with Gasteiger partial charge in [0.2, 0.25) is 5.91 Å². The number of carbonyl (C=O) groups excluding carboxylic acids is 1. The maximum Gasteiger partial charge on any atom is 0.238 e. The molecular weight excluding hydrogens is 294 g/mol. The number of anilines is 1. The number of nitrogens with one attached hydrogen (secondary N) is 1. The zero-order valence-electron chi connectivity index (χ0n) is 10.9. The SMILES string of the molecule is CCCCOc1ccc(NC(=O)C(Br)CC)cc1. The number of unbranched alkanes of at least 4 members (excludes halogenated alkanes) is 1. The summed E-state index contributed by atoms with van der Waals surface area (Å²) in [6.45, 7) is 4.83. The van der Waals surface area contributed by atoms with Crippen LogP contribution in [0.4, 0.5) is 5.69 Å². The van der Waals surface area contributed by atoms with Gasteiger partial charge in [-0.15, -0.1) is 0 Å². The Morgan fingerprint density at radius 2 is 2.00 bits per heavy atom. The van der Waals surface area contributed by atoms with Crippen molar-refractivity contribution in [2.24, 2.45) is 0 Å². The predicted molar refractivity (Wildman–Crippen MR) is 78.5 cm³/mol. The van der Waals surface area contributed by atoms with Gasteiger partial charge in [-0.2, -0.15) is 0 Å². The van der Waals surface area contributed by atoms with Crippen molar-refractivity contribution in [3.8, 4) is 5.75 Å². The predicted octanol–water partition coefficient (Wildman–Crippen LogP) is 3.98. The second kappa shape index (κ2) is 8.14. The normalized spacial score (nSPS) is 11.9. The van der Waals surface area contributed by atoms with E-state index in [9.17, 15) is 4.79 Å². The molecule has 0 spiro atoms. The van der Waals surface area contributed by atoms with Crippen LogP contribution in [0.1, 0.15) is 33.1 Å². The smallest absolute Gasteiger partial charge is 0.238 e. The van der Waals surface area contributed by atoms with Crippen molar-refractivity contribution in [1.82, 2.24) is 0 Å². The molecule has 1 amide bonds. The van der Waals surface area contributed by atoms with E-state index < -0.39 is 0 Å². The van der Waals surface area contributed by atoms with E-state index >= 15 is 0 Å². The number of hydrogen-bond donors (Lipinski definition) is 1. The van der Waals surface area contributed by atoms with Gasteiger partial charge in [-0.1, -0.05) is 36.2 Å². The molecule has 4 heteroatoms. The number of benzene rings is 1. The molecule has 0 saturated carbocycles. The van der Waals surface area contributed by atoms with E-state index in [1.54, 1.807) is 0 Å². The Labute approximate surface area is 117 Å². The average Bonchev–Trinajstić information content (AvgIpc) is 2.40. The summed E-state index contributed by atoms with van der Waals surface area (Å²) in [5, 5.41) is 2.85. The summed E-state index contributed by atoms with van der Waals surface area (Å²) in [6.07, 6.45) is 2.95. The fourth-order valence-corrected chi connectivity index (χ4v) is 1.49. The third-order valence-electron chi connectivity index (χ3n) is 2.53. The van der Waals surface area contributed by atoms with Gasteiger partial charge in [-0.05, 0) is 37.1 Å². The molecule has 0 aromatic heterocycles. The molecule has 0 aliphatic rings. The van der Waals surface area contributed by atoms with E-state index in [1.165, 1.54) is 0 Å². The topological polar surface area (TPSA) is 38.3 Å². The molecule has 0 aliphatic carbocycles. The molecule has 0 fully saturated rings. The number of hydrogen-bond acceptors (Lipinski definition) is 2. The van der Waals surface area contributed by atoms with E-state index in [0.29, 0.717) is 0 Å². The van der Waals surface area contributed by atoms with Crippen LogP contribution in [0.15, 0.2) is 24.3 Å². The van der Waals surface area contributed by atoms with Crippen molar-refractivity contribution in [2.45, 2.75) is 37.9 Å². The van der Waals surface area contributed by atoms with Crippen molar-refractivity contribution < 1.29 is 9.53 Å². The van der Waals surface area contributed by atoms with Gasteiger partial charge in [0.05, 0.1) is 11.4 Å². The lowest BCUT2D eigenvalue weighted by Crippen LogP contribution is -2.21. The summed E-state index contributed by atoms with van der Waals surface area (Å²) in [5.74, 6) is 0.824. The van der Waals surface area contributed by atoms with Gasteiger partial charge in [0.1, 0.15) is 5.75 Å². The zero-order valence-corrected chi connectivity index (χ0v) is 12.5. The highest BCUT2D eigenvalue weighted by Gasteiger charge is 2.11. The molecule has 100 valence electrons. The summed E-state index contributed by atoms with van der Waals surface area (Å²) in [7, 11) is 0. The molecule has 0 saturated heterocycles. The lowest BCUT2D eigenvalue weighted by molar-refractivity contribution is -0.115. The minimum absolute atomic E-state index is 0.0165. The van der Waals surface area contributed by atoms with E-state index in [0.717, 1.165) is 37.3 Å². The highest BCUT2D eigenvalue weighted by Crippen LogP contribution is 2.17. The van der Waals surface area contributed by atoms with Crippen molar-refractivity contribution in [1.29, 1.82) is 0 Å². The Morgan fingerprint density at radius 1 is 1.33 bits per heavy atom. The molecule has 0 bridgehead atoms. The highest BCUT2D eigenvalue weighted by atomic mass is 79.9. The number of halogens is 1. The third kappa shape index (κ3) is 5.08. The van der Waals surface area contributed by atoms with Crippen molar-refractivity contribution in [2.75, 3.05) is 11.9 Å². The Morgan fingerprint density at radius 3 is 2.56 bits per heavy atom. The van der Waals surface area contributed by atoms with Gasteiger partial charge in [-0.3, -0.25) is 4.79 Å². The van der Waals surface area contributed by atoms with Gasteiger partial charge in [0.15, 0.2) is 0 Å². The summed E-state index contributed by atoms with van der Waals surface area (Å²) in [5.41, 5.74) is 0.792. The summed E-state index contributed by atoms with van der Waals surface area (Å²) >= 11 is 3.32. The van der Waals surface area contributed by atoms with Crippen molar-refractivity contribution >= 4 is 27.5 Å². The zero-order chi connectivity index (χ0) is 13.4. The average molecular weight is 314 g/mol. The lowest BCUT2D eigenvalue weighted by atomic mass is 10.2. The van der Waals surface area contributed by atoms with Crippen molar-refractivity contribution in [3.63, 3.8) is 0 Å². The van der Waals surface area contributed by atoms with Crippen LogP contribution in [-0.2, 0) is 4.79 Å². The molecule has 1 unspecified atom stereocenters. The largest absolute Gasteiger partial charge is 0.494 e. The molecule has 1 aromatic rings. The molecule has 0 radical (unpaired) electrons. The van der Waals surface area contributed by atoms with Gasteiger partial charge in [0, 0.05) is 5.69 Å². The van der Waals surface area contributed by atoms with Crippen LogP contribution in [0.2, 0.25) is 0 Å². The van der Waals surface area contributed by atoms with Crippen LogP contribution >= 0.6 is 15.9 Å². The Balaban J connectivity index is 2.47. The van der Waals surface area contributed by atoms with Gasteiger partial charge < -0.3 is 10.1 Å². The van der Waals surface area contributed by atoms with Crippen LogP contribution in [-0.4, -0.2) is 17.3 Å². The fraction of sp³-hybridized carbons (Fsp3) is 0.500. The van der Waals surface area contributed by atoms with Gasteiger partial charge in [-0.25, -0.2) is 0 Å². The van der Waals surface area contributed by atoms with E-state index in [-0.39, 0.29) is 10.7 Å². The van der Waals surface area contributed by atoms with Crippen LogP contribution < -0.4 is 10.1 Å². The first-order valence-electron chi connectivity index (χ1n) is 6.35. The molecule has 0 heterocycles. The maximum atomic E-state index is 11.7. The second-order valence-corrected chi connectivity index (χ2v) is 5.20. The van der Waals surface area contributed by atoms with Crippen LogP contribution in [0.25, 0.3) is 0 Å². The molecule has 3 nitrogen and oxygen atoms in total. The van der Waals surface area contributed by atoms with Gasteiger partial charge in [0.25, 0.3) is 0 Å². The minimum atomic E-state index is -0.141. The number of amides is 1. The first kappa shape index (κ1) is 15.0. The monoisotopic (exact) mass is 313 g/mol. The van der Waals surface area contributed by atoms with Crippen LogP contribution in [0, 0.1) is 0 Å². The fourth-order valence-electron chi connectivity index (χ4n) is 1.37. The Bertz CT molecular complexity index is 365. The molecule has 1 aromatic carbocycles. The van der Waals surface area contributed by atoms with E-state index in [1.807, 2.05) is 31.2 Å². The Hall–Kier alpha value is -1.03. The Kier molecular flexibility index (Phi) is 6.80. The minimum Gasteiger partial charge on any atom is -0.494 e. The number of rotatable bonds is 7. The standard InChI is InChI=1S/C14H20BrNO2/c1-3-5-10-18-12-8-6-11(7-9-12)16-14(17)13(15)4-2/h6-9,13H,3-5,10H2,1-2H3,(H,16,17). The van der Waals surface area contributed by atoms with E-state index in [2.05, 4.69) is 28.2 Å². The molecule has 0 aliphatic heterocycles. The maximum absolute atomic E-state index is 11.7. The summed E-state index contributed by atoms with van der Waals surface area (Å²) in [6, 6.07) is 7.46. The first-order valence-corrected chi connectivity index (χ1v) is 7.26. The summed E-state index contributed by atoms with van der Waals surface area (Å²) < 4.78 is 5.55. The van der Waals surface area contributed by atoms with E-state index in [4.69, 9.17) is 4.74 Å². The second-order valence-electron chi connectivity index (χ2n) is 4.09. The number of alkyl halides is 1. The molecule has 18 heavy (non-hydrogen) atoms.